The lowest BCUT2D eigenvalue weighted by atomic mass is 10.1. The van der Waals surface area contributed by atoms with Crippen LogP contribution in [0, 0.1) is 13.8 Å². The lowest BCUT2D eigenvalue weighted by Crippen LogP contribution is -2.31. The summed E-state index contributed by atoms with van der Waals surface area (Å²) in [5.74, 6) is 0.711. The van der Waals surface area contributed by atoms with Gasteiger partial charge in [-0.05, 0) is 37.1 Å². The van der Waals surface area contributed by atoms with Crippen molar-refractivity contribution in [1.29, 1.82) is 0 Å². The van der Waals surface area contributed by atoms with E-state index in [1.165, 1.54) is 4.31 Å². The highest BCUT2D eigenvalue weighted by Crippen LogP contribution is 2.28. The zero-order valence-corrected chi connectivity index (χ0v) is 13.0. The van der Waals surface area contributed by atoms with Crippen LogP contribution in [-0.4, -0.2) is 32.9 Å². The van der Waals surface area contributed by atoms with Crippen molar-refractivity contribution in [2.45, 2.75) is 18.7 Å². The first-order chi connectivity index (χ1) is 9.38. The Morgan fingerprint density at radius 2 is 1.60 bits per heavy atom. The van der Waals surface area contributed by atoms with Crippen LogP contribution in [0.4, 0.5) is 0 Å². The van der Waals surface area contributed by atoms with Crippen molar-refractivity contribution in [3.63, 3.8) is 0 Å². The van der Waals surface area contributed by atoms with E-state index in [1.807, 2.05) is 13.8 Å². The van der Waals surface area contributed by atoms with Gasteiger partial charge in [-0.3, -0.25) is 0 Å². The number of aryl methyl sites for hydroxylation is 2. The smallest absolute Gasteiger partial charge is 0.243 e. The molecule has 0 bridgehead atoms. The Morgan fingerprint density at radius 3 is 1.95 bits per heavy atom. The van der Waals surface area contributed by atoms with Crippen LogP contribution >= 0.6 is 0 Å². The average Bonchev–Trinajstić information content (AvgIpc) is 2.38. The molecule has 0 fully saturated rings. The molecule has 0 aliphatic rings. The van der Waals surface area contributed by atoms with Crippen LogP contribution in [-0.2, 0) is 10.0 Å². The lowest BCUT2D eigenvalue weighted by Gasteiger charge is -2.20. The Kier molecular flexibility index (Phi) is 5.53. The van der Waals surface area contributed by atoms with Gasteiger partial charge in [0.15, 0.2) is 0 Å². The second-order valence-electron chi connectivity index (χ2n) is 4.49. The molecule has 20 heavy (non-hydrogen) atoms. The number of nitrogens with zero attached hydrogens (tertiary/aromatic N) is 1. The van der Waals surface area contributed by atoms with Gasteiger partial charge in [-0.15, -0.1) is 13.2 Å². The Hall–Kier alpha value is -1.59. The van der Waals surface area contributed by atoms with E-state index >= 15 is 0 Å². The number of methoxy groups -OCH3 is 1. The molecule has 0 spiro atoms. The molecule has 0 saturated heterocycles. The minimum absolute atomic E-state index is 0.248. The van der Waals surface area contributed by atoms with Gasteiger partial charge in [-0.2, -0.15) is 4.31 Å². The Morgan fingerprint density at radius 1 is 1.15 bits per heavy atom. The van der Waals surface area contributed by atoms with E-state index in [0.717, 1.165) is 11.1 Å². The monoisotopic (exact) mass is 295 g/mol. The van der Waals surface area contributed by atoms with Crippen LogP contribution in [0.5, 0.6) is 5.75 Å². The summed E-state index contributed by atoms with van der Waals surface area (Å²) in [6.45, 7) is 11.3. The van der Waals surface area contributed by atoms with E-state index in [4.69, 9.17) is 4.74 Å². The molecule has 5 heteroatoms. The molecule has 0 amide bonds. The lowest BCUT2D eigenvalue weighted by molar-refractivity contribution is 0.408. The fraction of sp³-hybridized carbons (Fsp3) is 0.333. The first-order valence-electron chi connectivity index (χ1n) is 6.25. The van der Waals surface area contributed by atoms with Gasteiger partial charge in [0.25, 0.3) is 0 Å². The van der Waals surface area contributed by atoms with Crippen molar-refractivity contribution in [3.8, 4) is 5.75 Å². The molecule has 110 valence electrons. The van der Waals surface area contributed by atoms with Crippen LogP contribution in [0.3, 0.4) is 0 Å². The van der Waals surface area contributed by atoms with Gasteiger partial charge in [0.05, 0.1) is 12.0 Å². The van der Waals surface area contributed by atoms with Crippen LogP contribution < -0.4 is 4.74 Å². The quantitative estimate of drug-likeness (QED) is 0.727. The second kappa shape index (κ2) is 6.72. The molecule has 0 unspecified atom stereocenters. The molecule has 0 saturated carbocycles. The van der Waals surface area contributed by atoms with Gasteiger partial charge >= 0.3 is 0 Å². The summed E-state index contributed by atoms with van der Waals surface area (Å²) in [7, 11) is -1.99. The first kappa shape index (κ1) is 16.5. The van der Waals surface area contributed by atoms with Gasteiger partial charge in [-0.1, -0.05) is 12.2 Å². The average molecular weight is 295 g/mol. The highest BCUT2D eigenvalue weighted by atomic mass is 32.2. The predicted octanol–water partition coefficient (Wildman–Crippen LogP) is 2.67. The van der Waals surface area contributed by atoms with Crippen LogP contribution in [0.1, 0.15) is 11.1 Å². The van der Waals surface area contributed by atoms with Crippen LogP contribution in [0.25, 0.3) is 0 Å². The minimum atomic E-state index is -3.56. The van der Waals surface area contributed by atoms with E-state index in [0.29, 0.717) is 5.75 Å². The van der Waals surface area contributed by atoms with Crippen molar-refractivity contribution in [2.75, 3.05) is 20.2 Å². The maximum absolute atomic E-state index is 12.6. The van der Waals surface area contributed by atoms with E-state index in [-0.39, 0.29) is 18.0 Å². The summed E-state index contributed by atoms with van der Waals surface area (Å²) in [5.41, 5.74) is 1.59. The standard InChI is InChI=1S/C15H21NO3S/c1-6-8-16(9-7-2)20(17,18)14-10-12(3)15(19-5)13(4)11-14/h6-7,10-11H,1-2,8-9H2,3-5H3. The molecule has 1 rings (SSSR count). The summed E-state index contributed by atoms with van der Waals surface area (Å²) in [5, 5.41) is 0. The van der Waals surface area contributed by atoms with Crippen LogP contribution in [0.15, 0.2) is 42.3 Å². The number of sulfonamides is 1. The number of ether oxygens (including phenoxy) is 1. The highest BCUT2D eigenvalue weighted by Gasteiger charge is 2.23. The van der Waals surface area contributed by atoms with Gasteiger partial charge in [-0.25, -0.2) is 8.42 Å². The SMILES string of the molecule is C=CCN(CC=C)S(=O)(=O)c1cc(C)c(OC)c(C)c1. The largest absolute Gasteiger partial charge is 0.496 e. The zero-order valence-electron chi connectivity index (χ0n) is 12.2. The molecule has 0 N–H and O–H groups in total. The number of rotatable bonds is 7. The molecule has 1 aromatic carbocycles. The van der Waals surface area contributed by atoms with E-state index in [9.17, 15) is 8.42 Å². The third kappa shape index (κ3) is 3.29. The fourth-order valence-corrected chi connectivity index (χ4v) is 3.64. The highest BCUT2D eigenvalue weighted by molar-refractivity contribution is 7.89. The van der Waals surface area contributed by atoms with Gasteiger partial charge < -0.3 is 4.74 Å². The minimum Gasteiger partial charge on any atom is -0.496 e. The summed E-state index contributed by atoms with van der Waals surface area (Å²) < 4.78 is 31.8. The Balaban J connectivity index is 3.34. The molecule has 0 aromatic heterocycles. The summed E-state index contributed by atoms with van der Waals surface area (Å²) in [4.78, 5) is 0.261. The Labute approximate surface area is 121 Å². The van der Waals surface area contributed by atoms with Crippen molar-refractivity contribution >= 4 is 10.0 Å². The normalized spacial score (nSPS) is 11.4. The maximum atomic E-state index is 12.6. The number of hydrogen-bond acceptors (Lipinski definition) is 3. The Bertz CT molecular complexity index is 573. The van der Waals surface area contributed by atoms with Crippen molar-refractivity contribution in [1.82, 2.24) is 4.31 Å². The molecule has 4 nitrogen and oxygen atoms in total. The summed E-state index contributed by atoms with van der Waals surface area (Å²) in [6, 6.07) is 3.25. The van der Waals surface area contributed by atoms with Gasteiger partial charge in [0, 0.05) is 13.1 Å². The molecule has 0 aliphatic heterocycles. The van der Waals surface area contributed by atoms with Crippen molar-refractivity contribution in [3.05, 3.63) is 48.6 Å². The fourth-order valence-electron chi connectivity index (χ4n) is 2.09. The molecular formula is C15H21NO3S. The van der Waals surface area contributed by atoms with Crippen molar-refractivity contribution in [2.24, 2.45) is 0 Å². The molecule has 1 aromatic rings. The summed E-state index contributed by atoms with van der Waals surface area (Å²) >= 11 is 0. The van der Waals surface area contributed by atoms with Crippen molar-refractivity contribution < 1.29 is 13.2 Å². The first-order valence-corrected chi connectivity index (χ1v) is 7.69. The van der Waals surface area contributed by atoms with E-state index in [2.05, 4.69) is 13.2 Å². The number of hydrogen-bond donors (Lipinski definition) is 0. The molecule has 0 atom stereocenters. The van der Waals surface area contributed by atoms with Gasteiger partial charge in [0.2, 0.25) is 10.0 Å². The van der Waals surface area contributed by atoms with Gasteiger partial charge in [0.1, 0.15) is 5.75 Å². The third-order valence-electron chi connectivity index (χ3n) is 2.94. The second-order valence-corrected chi connectivity index (χ2v) is 6.43. The predicted molar refractivity (Wildman–Crippen MR) is 81.6 cm³/mol. The topological polar surface area (TPSA) is 46.6 Å². The maximum Gasteiger partial charge on any atom is 0.243 e. The summed E-state index contributed by atoms with van der Waals surface area (Å²) in [6.07, 6.45) is 3.12. The molecule has 0 heterocycles. The molecule has 0 radical (unpaired) electrons. The zero-order chi connectivity index (χ0) is 15.3. The van der Waals surface area contributed by atoms with Crippen LogP contribution in [0.2, 0.25) is 0 Å². The third-order valence-corrected chi connectivity index (χ3v) is 4.75. The van der Waals surface area contributed by atoms with E-state index in [1.54, 1.807) is 31.4 Å². The molecular weight excluding hydrogens is 274 g/mol. The van der Waals surface area contributed by atoms with E-state index < -0.39 is 10.0 Å². The molecule has 0 aliphatic carbocycles. The number of benzene rings is 1.